The number of fused-ring (bicyclic) bond motifs is 1. The van der Waals surface area contributed by atoms with Crippen LogP contribution in [0.2, 0.25) is 0 Å². The number of anilines is 1. The van der Waals surface area contributed by atoms with Crippen molar-refractivity contribution >= 4 is 23.0 Å². The number of aromatic nitrogens is 3. The largest absolute Gasteiger partial charge is 0.351 e. The predicted molar refractivity (Wildman–Crippen MR) is 96.7 cm³/mol. The van der Waals surface area contributed by atoms with E-state index in [9.17, 15) is 9.59 Å². The summed E-state index contributed by atoms with van der Waals surface area (Å²) in [5.74, 6) is 0.513. The molecular weight excluding hydrogens is 320 g/mol. The van der Waals surface area contributed by atoms with E-state index in [2.05, 4.69) is 20.6 Å². The molecule has 1 fully saturated rings. The molecule has 2 N–H and O–H groups in total. The van der Waals surface area contributed by atoms with Crippen molar-refractivity contribution in [1.29, 1.82) is 0 Å². The van der Waals surface area contributed by atoms with Crippen molar-refractivity contribution < 1.29 is 4.79 Å². The van der Waals surface area contributed by atoms with Gasteiger partial charge in [0.05, 0.1) is 0 Å². The molecule has 3 heterocycles. The quantitative estimate of drug-likeness (QED) is 0.876. The molecule has 0 spiro atoms. The Labute approximate surface area is 146 Å². The first kappa shape index (κ1) is 17.2. The molecule has 1 saturated heterocycles. The summed E-state index contributed by atoms with van der Waals surface area (Å²) in [5, 5.41) is 7.07. The van der Waals surface area contributed by atoms with E-state index < -0.39 is 0 Å². The minimum atomic E-state index is -0.0957. The van der Waals surface area contributed by atoms with Gasteiger partial charge in [0.15, 0.2) is 0 Å². The molecule has 134 valence electrons. The fraction of sp³-hybridized carbons (Fsp3) is 0.529. The van der Waals surface area contributed by atoms with E-state index >= 15 is 0 Å². The fourth-order valence-corrected chi connectivity index (χ4v) is 2.96. The standard InChI is InChI=1S/C17H24N6O2/c1-11(2)19-17(25)23-8-6-13(7-9-23)20-16-18-10-12-4-5-14(24)22(3)15(12)21-16/h4-5,10-11,13H,6-9H2,1-3H3,(H,19,25)(H,18,20,21). The number of nitrogens with one attached hydrogen (secondary N) is 2. The molecular formula is C17H24N6O2. The summed E-state index contributed by atoms with van der Waals surface area (Å²) in [6.07, 6.45) is 3.39. The Hall–Kier alpha value is -2.64. The van der Waals surface area contributed by atoms with Crippen molar-refractivity contribution in [2.75, 3.05) is 18.4 Å². The van der Waals surface area contributed by atoms with E-state index in [1.807, 2.05) is 18.7 Å². The second-order valence-corrected chi connectivity index (χ2v) is 6.71. The highest BCUT2D eigenvalue weighted by Crippen LogP contribution is 2.16. The molecule has 2 aromatic rings. The third-order valence-corrected chi connectivity index (χ3v) is 4.38. The topological polar surface area (TPSA) is 92.2 Å². The Kier molecular flexibility index (Phi) is 4.87. The Morgan fingerprint density at radius 2 is 2.00 bits per heavy atom. The molecule has 0 radical (unpaired) electrons. The molecule has 3 rings (SSSR count). The van der Waals surface area contributed by atoms with E-state index in [0.717, 1.165) is 18.2 Å². The van der Waals surface area contributed by atoms with Crippen molar-refractivity contribution in [2.45, 2.75) is 38.8 Å². The van der Waals surface area contributed by atoms with Crippen molar-refractivity contribution in [2.24, 2.45) is 7.05 Å². The molecule has 0 saturated carbocycles. The normalized spacial score (nSPS) is 15.6. The number of hydrogen-bond donors (Lipinski definition) is 2. The van der Waals surface area contributed by atoms with Gasteiger partial charge in [-0.3, -0.25) is 9.36 Å². The van der Waals surface area contributed by atoms with Gasteiger partial charge in [-0.1, -0.05) is 0 Å². The number of nitrogens with zero attached hydrogens (tertiary/aromatic N) is 4. The van der Waals surface area contributed by atoms with Gasteiger partial charge in [0.1, 0.15) is 5.65 Å². The molecule has 2 aromatic heterocycles. The number of aryl methyl sites for hydroxylation is 1. The minimum absolute atomic E-state index is 0.00888. The monoisotopic (exact) mass is 344 g/mol. The van der Waals surface area contributed by atoms with E-state index in [4.69, 9.17) is 0 Å². The third-order valence-electron chi connectivity index (χ3n) is 4.38. The van der Waals surface area contributed by atoms with Gasteiger partial charge < -0.3 is 15.5 Å². The highest BCUT2D eigenvalue weighted by molar-refractivity contribution is 5.75. The van der Waals surface area contributed by atoms with E-state index in [0.29, 0.717) is 24.7 Å². The predicted octanol–water partition coefficient (Wildman–Crippen LogP) is 1.32. The first-order chi connectivity index (χ1) is 11.9. The molecule has 25 heavy (non-hydrogen) atoms. The smallest absolute Gasteiger partial charge is 0.317 e. The number of amides is 2. The fourth-order valence-electron chi connectivity index (χ4n) is 2.96. The molecule has 1 aliphatic rings. The van der Waals surface area contributed by atoms with Crippen LogP contribution in [-0.2, 0) is 7.05 Å². The summed E-state index contributed by atoms with van der Waals surface area (Å²) in [6.45, 7) is 5.30. The van der Waals surface area contributed by atoms with Crippen LogP contribution in [0.4, 0.5) is 10.7 Å². The van der Waals surface area contributed by atoms with Crippen molar-refractivity contribution in [3.8, 4) is 0 Å². The third kappa shape index (κ3) is 3.89. The Balaban J connectivity index is 1.64. The van der Waals surface area contributed by atoms with E-state index in [1.165, 1.54) is 10.6 Å². The SMILES string of the molecule is CC(C)NC(=O)N1CCC(Nc2ncc3ccc(=O)n(C)c3n2)CC1. The van der Waals surface area contributed by atoms with Crippen LogP contribution in [0.25, 0.3) is 11.0 Å². The van der Waals surface area contributed by atoms with Gasteiger partial charge >= 0.3 is 6.03 Å². The van der Waals surface area contributed by atoms with Gasteiger partial charge in [-0.15, -0.1) is 0 Å². The molecule has 0 aliphatic carbocycles. The van der Waals surface area contributed by atoms with Crippen LogP contribution in [0, 0.1) is 0 Å². The summed E-state index contributed by atoms with van der Waals surface area (Å²) in [7, 11) is 1.70. The Bertz CT molecular complexity index is 823. The van der Waals surface area contributed by atoms with Crippen LogP contribution in [0.15, 0.2) is 23.1 Å². The molecule has 0 unspecified atom stereocenters. The number of piperidine rings is 1. The Morgan fingerprint density at radius 1 is 1.28 bits per heavy atom. The summed E-state index contributed by atoms with van der Waals surface area (Å²) in [4.78, 5) is 34.4. The number of carbonyl (C=O) groups excluding carboxylic acids is 1. The summed E-state index contributed by atoms with van der Waals surface area (Å²) in [6, 6.07) is 3.58. The maximum absolute atomic E-state index is 12.0. The number of rotatable bonds is 3. The number of likely N-dealkylation sites (tertiary alicyclic amines) is 1. The lowest BCUT2D eigenvalue weighted by Crippen LogP contribution is -2.48. The zero-order chi connectivity index (χ0) is 18.0. The lowest BCUT2D eigenvalue weighted by Gasteiger charge is -2.32. The first-order valence-corrected chi connectivity index (χ1v) is 8.59. The number of carbonyl (C=O) groups is 1. The average Bonchev–Trinajstić information content (AvgIpc) is 2.58. The number of urea groups is 1. The van der Waals surface area contributed by atoms with Gasteiger partial charge in [-0.25, -0.2) is 9.78 Å². The van der Waals surface area contributed by atoms with Crippen LogP contribution in [0.1, 0.15) is 26.7 Å². The van der Waals surface area contributed by atoms with Gasteiger partial charge in [-0.2, -0.15) is 4.98 Å². The average molecular weight is 344 g/mol. The maximum Gasteiger partial charge on any atom is 0.317 e. The van der Waals surface area contributed by atoms with Crippen molar-refractivity contribution in [3.63, 3.8) is 0 Å². The molecule has 0 bridgehead atoms. The molecule has 0 atom stereocenters. The number of hydrogen-bond acceptors (Lipinski definition) is 5. The summed E-state index contributed by atoms with van der Waals surface area (Å²) >= 11 is 0. The molecule has 8 heteroatoms. The van der Waals surface area contributed by atoms with Gasteiger partial charge in [-0.05, 0) is 32.8 Å². The molecule has 2 amide bonds. The van der Waals surface area contributed by atoms with E-state index in [1.54, 1.807) is 19.3 Å². The van der Waals surface area contributed by atoms with Gasteiger partial charge in [0, 0.05) is 49.9 Å². The molecule has 8 nitrogen and oxygen atoms in total. The maximum atomic E-state index is 12.0. The van der Waals surface area contributed by atoms with E-state index in [-0.39, 0.29) is 23.7 Å². The van der Waals surface area contributed by atoms with Crippen LogP contribution in [-0.4, -0.2) is 50.6 Å². The summed E-state index contributed by atoms with van der Waals surface area (Å²) in [5.41, 5.74) is 0.514. The molecule has 0 aromatic carbocycles. The first-order valence-electron chi connectivity index (χ1n) is 8.59. The zero-order valence-corrected chi connectivity index (χ0v) is 14.8. The Morgan fingerprint density at radius 3 is 2.68 bits per heavy atom. The van der Waals surface area contributed by atoms with Crippen LogP contribution < -0.4 is 16.2 Å². The van der Waals surface area contributed by atoms with Crippen molar-refractivity contribution in [3.05, 3.63) is 28.7 Å². The lowest BCUT2D eigenvalue weighted by atomic mass is 10.1. The van der Waals surface area contributed by atoms with Crippen molar-refractivity contribution in [1.82, 2.24) is 24.8 Å². The van der Waals surface area contributed by atoms with Gasteiger partial charge in [0.2, 0.25) is 5.95 Å². The summed E-state index contributed by atoms with van der Waals surface area (Å²) < 4.78 is 1.51. The van der Waals surface area contributed by atoms with Crippen LogP contribution >= 0.6 is 0 Å². The van der Waals surface area contributed by atoms with Crippen LogP contribution in [0.5, 0.6) is 0 Å². The zero-order valence-electron chi connectivity index (χ0n) is 14.8. The second-order valence-electron chi connectivity index (χ2n) is 6.71. The van der Waals surface area contributed by atoms with Crippen LogP contribution in [0.3, 0.4) is 0 Å². The second kappa shape index (κ2) is 7.08. The number of pyridine rings is 1. The highest BCUT2D eigenvalue weighted by atomic mass is 16.2. The minimum Gasteiger partial charge on any atom is -0.351 e. The lowest BCUT2D eigenvalue weighted by molar-refractivity contribution is 0.181. The molecule has 1 aliphatic heterocycles. The highest BCUT2D eigenvalue weighted by Gasteiger charge is 2.23. The van der Waals surface area contributed by atoms with Gasteiger partial charge in [0.25, 0.3) is 5.56 Å².